The van der Waals surface area contributed by atoms with Crippen molar-refractivity contribution in [1.82, 2.24) is 4.90 Å². The van der Waals surface area contributed by atoms with Gasteiger partial charge in [-0.3, -0.25) is 14.5 Å². The Labute approximate surface area is 84.8 Å². The first-order chi connectivity index (χ1) is 6.75. The first-order valence-corrected chi connectivity index (χ1v) is 5.27. The molecule has 1 heterocycles. The normalized spacial score (nSPS) is 18.2. The quantitative estimate of drug-likeness (QED) is 0.509. The summed E-state index contributed by atoms with van der Waals surface area (Å²) in [6, 6.07) is 0. The van der Waals surface area contributed by atoms with E-state index in [1.807, 2.05) is 6.08 Å². The van der Waals surface area contributed by atoms with E-state index in [1.165, 1.54) is 4.90 Å². The SMILES string of the molecule is CCCCC=CN1C(=O)CCCC1=O. The monoisotopic (exact) mass is 195 g/mol. The minimum Gasteiger partial charge on any atom is -0.274 e. The Balaban J connectivity index is 2.43. The third kappa shape index (κ3) is 2.98. The van der Waals surface area contributed by atoms with E-state index in [0.29, 0.717) is 19.3 Å². The van der Waals surface area contributed by atoms with E-state index in [-0.39, 0.29) is 11.8 Å². The van der Waals surface area contributed by atoms with Gasteiger partial charge in [0.2, 0.25) is 11.8 Å². The number of unbranched alkanes of at least 4 members (excludes halogenated alkanes) is 2. The van der Waals surface area contributed by atoms with Crippen LogP contribution in [0.2, 0.25) is 0 Å². The van der Waals surface area contributed by atoms with Crippen LogP contribution in [-0.4, -0.2) is 16.7 Å². The van der Waals surface area contributed by atoms with E-state index >= 15 is 0 Å². The first kappa shape index (κ1) is 11.0. The minimum absolute atomic E-state index is 0.0611. The van der Waals surface area contributed by atoms with E-state index in [1.54, 1.807) is 6.20 Å². The second-order valence-corrected chi connectivity index (χ2v) is 3.54. The van der Waals surface area contributed by atoms with Crippen molar-refractivity contribution in [3.05, 3.63) is 12.3 Å². The summed E-state index contributed by atoms with van der Waals surface area (Å²) in [5, 5.41) is 0. The van der Waals surface area contributed by atoms with Gasteiger partial charge in [-0.15, -0.1) is 0 Å². The zero-order chi connectivity index (χ0) is 10.4. The predicted molar refractivity (Wildman–Crippen MR) is 54.4 cm³/mol. The van der Waals surface area contributed by atoms with Gasteiger partial charge in [-0.05, 0) is 12.8 Å². The fourth-order valence-electron chi connectivity index (χ4n) is 1.44. The van der Waals surface area contributed by atoms with Crippen molar-refractivity contribution >= 4 is 11.8 Å². The second-order valence-electron chi connectivity index (χ2n) is 3.54. The summed E-state index contributed by atoms with van der Waals surface area (Å²) < 4.78 is 0. The maximum Gasteiger partial charge on any atom is 0.233 e. The highest BCUT2D eigenvalue weighted by molar-refractivity contribution is 5.98. The van der Waals surface area contributed by atoms with Crippen LogP contribution in [0.5, 0.6) is 0 Å². The molecule has 0 N–H and O–H groups in total. The summed E-state index contributed by atoms with van der Waals surface area (Å²) in [5.41, 5.74) is 0. The van der Waals surface area contributed by atoms with Crippen LogP contribution in [-0.2, 0) is 9.59 Å². The van der Waals surface area contributed by atoms with Crippen LogP contribution in [0.3, 0.4) is 0 Å². The molecule has 3 nitrogen and oxygen atoms in total. The molecule has 14 heavy (non-hydrogen) atoms. The maximum absolute atomic E-state index is 11.3. The number of likely N-dealkylation sites (tertiary alicyclic amines) is 1. The van der Waals surface area contributed by atoms with E-state index in [2.05, 4.69) is 6.92 Å². The molecule has 0 atom stereocenters. The van der Waals surface area contributed by atoms with Gasteiger partial charge < -0.3 is 0 Å². The first-order valence-electron chi connectivity index (χ1n) is 5.27. The molecule has 0 bridgehead atoms. The van der Waals surface area contributed by atoms with Crippen LogP contribution >= 0.6 is 0 Å². The standard InChI is InChI=1S/C11H17NO2/c1-2-3-4-5-9-12-10(13)7-6-8-11(12)14/h5,9H,2-4,6-8H2,1H3. The summed E-state index contributed by atoms with van der Waals surface area (Å²) in [5.74, 6) is -0.122. The number of carbonyl (C=O) groups is 2. The number of carbonyl (C=O) groups excluding carboxylic acids is 2. The summed E-state index contributed by atoms with van der Waals surface area (Å²) in [6.45, 7) is 2.12. The molecule has 0 aromatic carbocycles. The molecule has 0 aromatic rings. The lowest BCUT2D eigenvalue weighted by atomic mass is 10.1. The predicted octanol–water partition coefficient (Wildman–Crippen LogP) is 2.23. The van der Waals surface area contributed by atoms with Gasteiger partial charge in [0.15, 0.2) is 0 Å². The van der Waals surface area contributed by atoms with Gasteiger partial charge in [0.1, 0.15) is 0 Å². The van der Waals surface area contributed by atoms with Crippen molar-refractivity contribution in [2.75, 3.05) is 0 Å². The van der Waals surface area contributed by atoms with Crippen LogP contribution in [0.15, 0.2) is 12.3 Å². The van der Waals surface area contributed by atoms with Crippen molar-refractivity contribution in [3.63, 3.8) is 0 Å². The lowest BCUT2D eigenvalue weighted by Crippen LogP contribution is -2.35. The second kappa shape index (κ2) is 5.58. The molecule has 1 aliphatic heterocycles. The highest BCUT2D eigenvalue weighted by Gasteiger charge is 2.23. The summed E-state index contributed by atoms with van der Waals surface area (Å²) in [6.07, 6.45) is 8.43. The molecule has 1 saturated heterocycles. The Morgan fingerprint density at radius 1 is 1.29 bits per heavy atom. The number of nitrogens with zero attached hydrogens (tertiary/aromatic N) is 1. The molecule has 0 unspecified atom stereocenters. The molecule has 78 valence electrons. The highest BCUT2D eigenvalue weighted by Crippen LogP contribution is 2.12. The Morgan fingerprint density at radius 3 is 2.50 bits per heavy atom. The minimum atomic E-state index is -0.0611. The molecule has 1 aliphatic rings. The number of hydrogen-bond donors (Lipinski definition) is 0. The lowest BCUT2D eigenvalue weighted by Gasteiger charge is -2.20. The molecular weight excluding hydrogens is 178 g/mol. The third-order valence-corrected chi connectivity index (χ3v) is 2.30. The molecular formula is C11H17NO2. The molecule has 0 spiro atoms. The van der Waals surface area contributed by atoms with Gasteiger partial charge in [-0.1, -0.05) is 25.8 Å². The molecule has 0 aliphatic carbocycles. The van der Waals surface area contributed by atoms with Crippen LogP contribution in [0.4, 0.5) is 0 Å². The van der Waals surface area contributed by atoms with E-state index < -0.39 is 0 Å². The number of imide groups is 1. The van der Waals surface area contributed by atoms with Gasteiger partial charge in [0, 0.05) is 19.0 Å². The van der Waals surface area contributed by atoms with Crippen molar-refractivity contribution in [2.45, 2.75) is 45.4 Å². The van der Waals surface area contributed by atoms with Gasteiger partial charge in [-0.2, -0.15) is 0 Å². The van der Waals surface area contributed by atoms with Gasteiger partial charge in [0.25, 0.3) is 0 Å². The van der Waals surface area contributed by atoms with E-state index in [0.717, 1.165) is 19.3 Å². The maximum atomic E-state index is 11.3. The zero-order valence-electron chi connectivity index (χ0n) is 8.66. The molecule has 0 radical (unpaired) electrons. The van der Waals surface area contributed by atoms with Crippen LogP contribution < -0.4 is 0 Å². The summed E-state index contributed by atoms with van der Waals surface area (Å²) >= 11 is 0. The highest BCUT2D eigenvalue weighted by atomic mass is 16.2. The zero-order valence-corrected chi connectivity index (χ0v) is 8.66. The number of hydrogen-bond acceptors (Lipinski definition) is 2. The molecule has 3 heteroatoms. The van der Waals surface area contributed by atoms with E-state index in [4.69, 9.17) is 0 Å². The summed E-state index contributed by atoms with van der Waals surface area (Å²) in [4.78, 5) is 23.9. The van der Waals surface area contributed by atoms with Crippen LogP contribution in [0.1, 0.15) is 45.4 Å². The Kier molecular flexibility index (Phi) is 4.36. The van der Waals surface area contributed by atoms with E-state index in [9.17, 15) is 9.59 Å². The topological polar surface area (TPSA) is 37.4 Å². The van der Waals surface area contributed by atoms with Crippen LogP contribution in [0.25, 0.3) is 0 Å². The summed E-state index contributed by atoms with van der Waals surface area (Å²) in [7, 11) is 0. The average Bonchev–Trinajstić information content (AvgIpc) is 2.16. The van der Waals surface area contributed by atoms with Gasteiger partial charge >= 0.3 is 0 Å². The molecule has 0 aromatic heterocycles. The number of piperidine rings is 1. The Morgan fingerprint density at radius 2 is 1.93 bits per heavy atom. The Hall–Kier alpha value is -1.12. The number of amides is 2. The molecule has 0 saturated carbocycles. The fourth-order valence-corrected chi connectivity index (χ4v) is 1.44. The molecule has 1 fully saturated rings. The average molecular weight is 195 g/mol. The van der Waals surface area contributed by atoms with Crippen LogP contribution in [0, 0.1) is 0 Å². The van der Waals surface area contributed by atoms with Crippen molar-refractivity contribution in [2.24, 2.45) is 0 Å². The van der Waals surface area contributed by atoms with Crippen molar-refractivity contribution in [3.8, 4) is 0 Å². The number of rotatable bonds is 4. The lowest BCUT2D eigenvalue weighted by molar-refractivity contribution is -0.144. The molecule has 1 rings (SSSR count). The molecule has 2 amide bonds. The third-order valence-electron chi connectivity index (χ3n) is 2.30. The Bertz CT molecular complexity index is 230. The van der Waals surface area contributed by atoms with Crippen molar-refractivity contribution in [1.29, 1.82) is 0 Å². The number of allylic oxidation sites excluding steroid dienone is 1. The van der Waals surface area contributed by atoms with Gasteiger partial charge in [0.05, 0.1) is 0 Å². The fraction of sp³-hybridized carbons (Fsp3) is 0.636. The van der Waals surface area contributed by atoms with Crippen molar-refractivity contribution < 1.29 is 9.59 Å². The largest absolute Gasteiger partial charge is 0.274 e. The van der Waals surface area contributed by atoms with Gasteiger partial charge in [-0.25, -0.2) is 0 Å². The smallest absolute Gasteiger partial charge is 0.233 e.